The minimum absolute atomic E-state index is 0.0676. The Labute approximate surface area is 278 Å². The molecule has 1 saturated heterocycles. The van der Waals surface area contributed by atoms with Gasteiger partial charge in [0.15, 0.2) is 0 Å². The third-order valence-electron chi connectivity index (χ3n) is 9.77. The molecule has 8 rings (SSSR count). The summed E-state index contributed by atoms with van der Waals surface area (Å²) < 4.78 is 47.0. The molecule has 3 aromatic carbocycles. The van der Waals surface area contributed by atoms with E-state index in [1.54, 1.807) is 24.3 Å². The van der Waals surface area contributed by atoms with Gasteiger partial charge in [0.25, 0.3) is 0 Å². The number of aromatic amines is 1. The number of hydrogen-bond acceptors (Lipinski definition) is 6. The number of amides is 2. The van der Waals surface area contributed by atoms with Gasteiger partial charge in [0.2, 0.25) is 11.8 Å². The zero-order chi connectivity index (χ0) is 32.1. The Morgan fingerprint density at radius 3 is 2.37 bits per heavy atom. The number of hydrogen-bond donors (Lipinski definition) is 1. The predicted molar refractivity (Wildman–Crippen MR) is 170 cm³/mol. The average molecular weight is 704 g/mol. The quantitative estimate of drug-likeness (QED) is 0.213. The SMILES string of the molecule is O=C1[C@H]2[C@H]3C[C@@H]([C@@H]2C(=O)N1c1cccc(C(F)(F)F)c1)[C@H]1[C@H](c2cc(Cl)ccc2OCc2ccc(Cl)cc2)c2sc(=O)[nH]c2S[C@H]31. The first kappa shape index (κ1) is 30.1. The van der Waals surface area contributed by atoms with E-state index < -0.39 is 35.4 Å². The minimum Gasteiger partial charge on any atom is -0.489 e. The molecule has 13 heteroatoms. The van der Waals surface area contributed by atoms with Crippen LogP contribution in [0.25, 0.3) is 0 Å². The van der Waals surface area contributed by atoms with E-state index in [1.807, 2.05) is 18.2 Å². The smallest absolute Gasteiger partial charge is 0.416 e. The van der Waals surface area contributed by atoms with Crippen LogP contribution in [0, 0.1) is 29.6 Å². The number of anilines is 1. The number of carbonyl (C=O) groups is 2. The molecule has 6 nitrogen and oxygen atoms in total. The number of halogens is 5. The largest absolute Gasteiger partial charge is 0.489 e. The predicted octanol–water partition coefficient (Wildman–Crippen LogP) is 8.02. The van der Waals surface area contributed by atoms with Gasteiger partial charge in [0, 0.05) is 31.7 Å². The van der Waals surface area contributed by atoms with Crippen molar-refractivity contribution < 1.29 is 27.5 Å². The zero-order valence-electron chi connectivity index (χ0n) is 23.6. The summed E-state index contributed by atoms with van der Waals surface area (Å²) in [5.74, 6) is -2.61. The van der Waals surface area contributed by atoms with Crippen molar-refractivity contribution in [3.05, 3.63) is 108 Å². The Morgan fingerprint density at radius 1 is 0.913 bits per heavy atom. The average Bonchev–Trinajstić information content (AvgIpc) is 3.75. The van der Waals surface area contributed by atoms with Crippen molar-refractivity contribution in [1.29, 1.82) is 0 Å². The van der Waals surface area contributed by atoms with Crippen LogP contribution in [0.2, 0.25) is 10.0 Å². The number of nitrogens with zero attached hydrogens (tertiary/aromatic N) is 1. The van der Waals surface area contributed by atoms with Gasteiger partial charge in [-0.2, -0.15) is 13.2 Å². The molecule has 1 N–H and O–H groups in total. The number of carbonyl (C=O) groups excluding carboxylic acids is 2. The van der Waals surface area contributed by atoms with Gasteiger partial charge >= 0.3 is 11.0 Å². The van der Waals surface area contributed by atoms with Crippen LogP contribution in [-0.4, -0.2) is 22.0 Å². The molecule has 4 aliphatic rings. The molecular formula is C33H23Cl2F3N2O4S2. The van der Waals surface area contributed by atoms with Crippen molar-refractivity contribution >= 4 is 63.8 Å². The van der Waals surface area contributed by atoms with Crippen LogP contribution in [0.1, 0.15) is 33.9 Å². The Kier molecular flexibility index (Phi) is 7.13. The number of benzene rings is 3. The summed E-state index contributed by atoms with van der Waals surface area (Å²) in [6, 6.07) is 17.1. The number of alkyl halides is 3. The van der Waals surface area contributed by atoms with Crippen LogP contribution >= 0.6 is 46.3 Å². The normalized spacial score (nSPS) is 27.9. The summed E-state index contributed by atoms with van der Waals surface area (Å²) in [5.41, 5.74) is 0.697. The molecule has 236 valence electrons. The number of rotatable bonds is 5. The lowest BCUT2D eigenvalue weighted by molar-refractivity contribution is -0.137. The molecule has 3 heterocycles. The highest BCUT2D eigenvalue weighted by atomic mass is 35.5. The fourth-order valence-electron chi connectivity index (χ4n) is 8.08. The summed E-state index contributed by atoms with van der Waals surface area (Å²) in [4.78, 5) is 45.2. The monoisotopic (exact) mass is 702 g/mol. The number of nitrogens with one attached hydrogen (secondary N) is 1. The molecule has 0 radical (unpaired) electrons. The highest BCUT2D eigenvalue weighted by Gasteiger charge is 2.70. The number of thiazole rings is 1. The summed E-state index contributed by atoms with van der Waals surface area (Å²) >= 11 is 15.3. The van der Waals surface area contributed by atoms with E-state index in [4.69, 9.17) is 27.9 Å². The molecule has 2 aliphatic carbocycles. The van der Waals surface area contributed by atoms with E-state index in [-0.39, 0.29) is 46.1 Å². The molecule has 2 amide bonds. The van der Waals surface area contributed by atoms with Gasteiger partial charge in [-0.25, -0.2) is 0 Å². The maximum absolute atomic E-state index is 14.0. The van der Waals surface area contributed by atoms with Gasteiger partial charge in [0.1, 0.15) is 12.4 Å². The molecule has 2 aliphatic heterocycles. The zero-order valence-corrected chi connectivity index (χ0v) is 26.7. The Hall–Kier alpha value is -3.25. The molecule has 2 saturated carbocycles. The molecule has 3 fully saturated rings. The van der Waals surface area contributed by atoms with Gasteiger partial charge in [-0.3, -0.25) is 19.3 Å². The Morgan fingerprint density at radius 2 is 1.63 bits per heavy atom. The fraction of sp³-hybridized carbons (Fsp3) is 0.303. The maximum Gasteiger partial charge on any atom is 0.416 e. The number of fused-ring (bicyclic) bond motifs is 9. The number of imide groups is 1. The van der Waals surface area contributed by atoms with Crippen molar-refractivity contribution in [1.82, 2.24) is 4.98 Å². The summed E-state index contributed by atoms with van der Waals surface area (Å²) in [7, 11) is 0. The second-order valence-electron chi connectivity index (χ2n) is 12.1. The molecule has 2 bridgehead atoms. The molecule has 4 aromatic rings. The third kappa shape index (κ3) is 4.72. The molecule has 0 unspecified atom stereocenters. The van der Waals surface area contributed by atoms with Crippen LogP contribution in [0.5, 0.6) is 5.75 Å². The summed E-state index contributed by atoms with van der Waals surface area (Å²) in [6.07, 6.45) is -3.99. The number of H-pyrrole nitrogens is 1. The van der Waals surface area contributed by atoms with Gasteiger partial charge in [-0.15, -0.1) is 11.8 Å². The first-order valence-corrected chi connectivity index (χ1v) is 17.1. The fourth-order valence-corrected chi connectivity index (χ4v) is 11.3. The summed E-state index contributed by atoms with van der Waals surface area (Å²) in [6.45, 7) is 0.257. The van der Waals surface area contributed by atoms with Crippen molar-refractivity contribution in [3.63, 3.8) is 0 Å². The first-order valence-electron chi connectivity index (χ1n) is 14.6. The number of ether oxygens (including phenoxy) is 1. The van der Waals surface area contributed by atoms with Gasteiger partial charge in [-0.05, 0) is 78.3 Å². The molecule has 7 atom stereocenters. The lowest BCUT2D eigenvalue weighted by Crippen LogP contribution is -2.42. The lowest BCUT2D eigenvalue weighted by Gasteiger charge is -2.43. The number of aromatic nitrogens is 1. The molecule has 0 spiro atoms. The van der Waals surface area contributed by atoms with Gasteiger partial charge < -0.3 is 9.72 Å². The maximum atomic E-state index is 14.0. The van der Waals surface area contributed by atoms with Crippen molar-refractivity contribution in [3.8, 4) is 5.75 Å². The van der Waals surface area contributed by atoms with Crippen LogP contribution in [0.3, 0.4) is 0 Å². The van der Waals surface area contributed by atoms with E-state index >= 15 is 0 Å². The lowest BCUT2D eigenvalue weighted by atomic mass is 9.68. The second-order valence-corrected chi connectivity index (χ2v) is 15.2. The van der Waals surface area contributed by atoms with E-state index in [0.29, 0.717) is 22.2 Å². The standard InChI is InChI=1S/C33H23Cl2F3N2O4S2/c34-16-6-4-14(5-7-16)13-44-22-9-8-17(35)11-19(22)23-24-20-12-21(27(24)45-29-28(23)46-32(43)39-29)26-25(20)30(41)40(31(26)42)18-3-1-2-15(10-18)33(36,37)38/h1-11,20-21,23-27H,12-13H2,(H,39,43)/t20-,21-,23+,24+,25+,26+,27-/m1/s1. The van der Waals surface area contributed by atoms with Crippen molar-refractivity contribution in [2.24, 2.45) is 29.6 Å². The third-order valence-corrected chi connectivity index (χ3v) is 12.8. The van der Waals surface area contributed by atoms with E-state index in [1.165, 1.54) is 23.9 Å². The van der Waals surface area contributed by atoms with E-state index in [9.17, 15) is 27.6 Å². The molecule has 46 heavy (non-hydrogen) atoms. The topological polar surface area (TPSA) is 79.5 Å². The van der Waals surface area contributed by atoms with Gasteiger partial charge in [0.05, 0.1) is 28.1 Å². The Balaban J connectivity index is 1.18. The second kappa shape index (κ2) is 10.9. The van der Waals surface area contributed by atoms with Crippen LogP contribution < -0.4 is 14.5 Å². The van der Waals surface area contributed by atoms with E-state index in [0.717, 1.165) is 49.4 Å². The minimum atomic E-state index is -4.62. The van der Waals surface area contributed by atoms with Crippen molar-refractivity contribution in [2.75, 3.05) is 4.90 Å². The molecular weight excluding hydrogens is 680 g/mol. The molecule has 1 aromatic heterocycles. The van der Waals surface area contributed by atoms with E-state index in [2.05, 4.69) is 4.98 Å². The number of thioether (sulfide) groups is 1. The summed E-state index contributed by atoms with van der Waals surface area (Å²) in [5, 5.41) is 1.70. The van der Waals surface area contributed by atoms with Crippen LogP contribution in [-0.2, 0) is 22.4 Å². The highest BCUT2D eigenvalue weighted by Crippen LogP contribution is 2.69. The van der Waals surface area contributed by atoms with Crippen molar-refractivity contribution in [2.45, 2.75) is 35.4 Å². The first-order chi connectivity index (χ1) is 22.0. The van der Waals surface area contributed by atoms with Crippen LogP contribution in [0.4, 0.5) is 18.9 Å². The Bertz CT molecular complexity index is 1960. The highest BCUT2D eigenvalue weighted by molar-refractivity contribution is 8.00. The van der Waals surface area contributed by atoms with Crippen LogP contribution in [0.15, 0.2) is 76.6 Å². The van der Waals surface area contributed by atoms with Gasteiger partial charge in [-0.1, -0.05) is 52.7 Å².